The fourth-order valence-corrected chi connectivity index (χ4v) is 6.68. The number of hydrogen-bond donors (Lipinski definition) is 1. The molecule has 0 bridgehead atoms. The van der Waals surface area contributed by atoms with Crippen LogP contribution in [0.3, 0.4) is 0 Å². The van der Waals surface area contributed by atoms with E-state index >= 15 is 0 Å². The monoisotopic (exact) mass is 527 g/mol. The molecule has 9 heteroatoms. The number of fused-ring (bicyclic) bond motifs is 4. The molecule has 0 aliphatic carbocycles. The summed E-state index contributed by atoms with van der Waals surface area (Å²) in [6.45, 7) is 6.92. The van der Waals surface area contributed by atoms with E-state index in [1.165, 1.54) is 0 Å². The Bertz CT molecular complexity index is 1170. The first-order chi connectivity index (χ1) is 16.4. The highest BCUT2D eigenvalue weighted by atomic mass is 79.9. The van der Waals surface area contributed by atoms with Gasteiger partial charge in [0.05, 0.1) is 17.0 Å². The number of carbonyl (C=O) groups excluding carboxylic acids is 1. The lowest BCUT2D eigenvalue weighted by Gasteiger charge is -2.32. The Morgan fingerprint density at radius 3 is 2.88 bits per heavy atom. The number of carbonyl (C=O) groups is 1. The topological polar surface area (TPSA) is 93.9 Å². The van der Waals surface area contributed by atoms with E-state index in [0.29, 0.717) is 47.0 Å². The Morgan fingerprint density at radius 1 is 1.35 bits per heavy atom. The predicted octanol–water partition coefficient (Wildman–Crippen LogP) is 4.47. The first-order valence-corrected chi connectivity index (χ1v) is 12.3. The average Bonchev–Trinajstić information content (AvgIpc) is 3.46. The molecule has 34 heavy (non-hydrogen) atoms. The smallest absolute Gasteiger partial charge is 0.256 e. The van der Waals surface area contributed by atoms with Crippen LogP contribution in [0.2, 0.25) is 0 Å². The van der Waals surface area contributed by atoms with Gasteiger partial charge in [-0.15, -0.1) is 0 Å². The molecular formula is C25H26BrN3O5. The van der Waals surface area contributed by atoms with Crippen molar-refractivity contribution in [3.8, 4) is 11.5 Å². The Morgan fingerprint density at radius 2 is 2.15 bits per heavy atom. The van der Waals surface area contributed by atoms with Crippen LogP contribution in [0.25, 0.3) is 0 Å². The number of halogens is 1. The minimum atomic E-state index is -1.35. The van der Waals surface area contributed by atoms with Crippen LogP contribution in [0.5, 0.6) is 11.5 Å². The van der Waals surface area contributed by atoms with E-state index < -0.39 is 17.5 Å². The largest absolute Gasteiger partial charge is 0.490 e. The van der Waals surface area contributed by atoms with Crippen LogP contribution in [-0.2, 0) is 10.3 Å². The number of benzene rings is 2. The van der Waals surface area contributed by atoms with Crippen LogP contribution < -0.4 is 14.8 Å². The van der Waals surface area contributed by atoms with Crippen molar-refractivity contribution < 1.29 is 19.2 Å². The van der Waals surface area contributed by atoms with Crippen LogP contribution in [0.1, 0.15) is 36.8 Å². The molecule has 0 unspecified atom stereocenters. The van der Waals surface area contributed by atoms with E-state index in [1.807, 2.05) is 43.3 Å². The SMILES string of the molecule is C=CCOc1c(Br)cc([C@@H]2[C@@H]3CCCN3[C@@]3(C(=O)Nc4ccccc43)[C@@H]2[N+](=O)[O-])cc1OCC. The molecule has 178 valence electrons. The molecule has 0 aromatic heterocycles. The number of para-hydroxylation sites is 1. The van der Waals surface area contributed by atoms with E-state index in [4.69, 9.17) is 9.47 Å². The molecule has 2 fully saturated rings. The Labute approximate surface area is 206 Å². The van der Waals surface area contributed by atoms with Crippen LogP contribution in [0.4, 0.5) is 5.69 Å². The van der Waals surface area contributed by atoms with Gasteiger partial charge in [0.1, 0.15) is 6.61 Å². The van der Waals surface area contributed by atoms with E-state index in [1.54, 1.807) is 6.08 Å². The number of ether oxygens (including phenoxy) is 2. The van der Waals surface area contributed by atoms with Gasteiger partial charge in [-0.1, -0.05) is 30.9 Å². The first-order valence-electron chi connectivity index (χ1n) is 11.5. The molecule has 1 spiro atoms. The average molecular weight is 528 g/mol. The standard InChI is InChI=1S/C25H26BrN3O5/c1-3-12-34-22-17(26)13-15(14-20(22)33-4-2)21-19-10-7-11-28(19)25(23(21)29(31)32)16-8-5-6-9-18(16)27-24(25)30/h3,5-6,8-9,13-14,19,21,23H,1,4,7,10-12H2,2H3,(H,27,30)/t19-,21+,23+,25+/m0/s1. The van der Waals surface area contributed by atoms with Gasteiger partial charge in [0.2, 0.25) is 0 Å². The minimum absolute atomic E-state index is 0.145. The van der Waals surface area contributed by atoms with Gasteiger partial charge in [0.15, 0.2) is 17.0 Å². The maximum Gasteiger partial charge on any atom is 0.256 e. The van der Waals surface area contributed by atoms with E-state index in [0.717, 1.165) is 18.4 Å². The molecule has 5 rings (SSSR count). The quantitative estimate of drug-likeness (QED) is 0.324. The molecule has 1 amide bonds. The van der Waals surface area contributed by atoms with Crippen molar-refractivity contribution in [2.45, 2.75) is 43.3 Å². The first kappa shape index (κ1) is 22.9. The fourth-order valence-electron chi connectivity index (χ4n) is 6.10. The summed E-state index contributed by atoms with van der Waals surface area (Å²) in [6, 6.07) is 9.74. The van der Waals surface area contributed by atoms with Crippen molar-refractivity contribution in [1.82, 2.24) is 4.90 Å². The lowest BCUT2D eigenvalue weighted by Crippen LogP contribution is -2.55. The van der Waals surface area contributed by atoms with Gasteiger partial charge in [-0.3, -0.25) is 19.8 Å². The molecule has 3 aliphatic heterocycles. The van der Waals surface area contributed by atoms with Crippen molar-refractivity contribution in [2.75, 3.05) is 25.1 Å². The second-order valence-corrected chi connectivity index (χ2v) is 9.64. The Kier molecular flexibility index (Phi) is 5.85. The number of hydrogen-bond acceptors (Lipinski definition) is 6. The number of nitrogens with one attached hydrogen (secondary N) is 1. The highest BCUT2D eigenvalue weighted by Gasteiger charge is 2.73. The van der Waals surface area contributed by atoms with Crippen LogP contribution in [0.15, 0.2) is 53.5 Å². The highest BCUT2D eigenvalue weighted by molar-refractivity contribution is 9.10. The minimum Gasteiger partial charge on any atom is -0.490 e. The molecule has 3 heterocycles. The van der Waals surface area contributed by atoms with Gasteiger partial charge in [0, 0.05) is 28.8 Å². The summed E-state index contributed by atoms with van der Waals surface area (Å²) < 4.78 is 12.3. The van der Waals surface area contributed by atoms with Crippen molar-refractivity contribution in [3.05, 3.63) is 74.8 Å². The maximum atomic E-state index is 13.6. The van der Waals surface area contributed by atoms with Crippen LogP contribution >= 0.6 is 15.9 Å². The van der Waals surface area contributed by atoms with E-state index in [2.05, 4.69) is 32.7 Å². The number of nitrogens with zero attached hydrogens (tertiary/aromatic N) is 2. The van der Waals surface area contributed by atoms with Crippen molar-refractivity contribution >= 4 is 27.5 Å². The summed E-state index contributed by atoms with van der Waals surface area (Å²) in [4.78, 5) is 28.1. The van der Waals surface area contributed by atoms with E-state index in [9.17, 15) is 14.9 Å². The van der Waals surface area contributed by atoms with Crippen molar-refractivity contribution in [3.63, 3.8) is 0 Å². The molecule has 1 N–H and O–H groups in total. The number of rotatable bonds is 7. The van der Waals surface area contributed by atoms with Gasteiger partial charge < -0.3 is 14.8 Å². The van der Waals surface area contributed by atoms with Crippen molar-refractivity contribution in [2.24, 2.45) is 0 Å². The number of nitro groups is 1. The summed E-state index contributed by atoms with van der Waals surface area (Å²) in [5.74, 6) is 0.221. The summed E-state index contributed by atoms with van der Waals surface area (Å²) in [6.07, 6.45) is 3.30. The summed E-state index contributed by atoms with van der Waals surface area (Å²) in [7, 11) is 0. The lowest BCUT2D eigenvalue weighted by atomic mass is 9.77. The predicted molar refractivity (Wildman–Crippen MR) is 131 cm³/mol. The number of amides is 1. The summed E-state index contributed by atoms with van der Waals surface area (Å²) in [5, 5.41) is 15.7. The third kappa shape index (κ3) is 3.17. The van der Waals surface area contributed by atoms with Gasteiger partial charge in [-0.2, -0.15) is 0 Å². The molecule has 2 aromatic rings. The molecule has 3 aliphatic rings. The third-order valence-corrected chi connectivity index (χ3v) is 7.75. The van der Waals surface area contributed by atoms with Gasteiger partial charge in [-0.25, -0.2) is 0 Å². The van der Waals surface area contributed by atoms with Gasteiger partial charge in [0.25, 0.3) is 11.9 Å². The molecule has 8 nitrogen and oxygen atoms in total. The third-order valence-electron chi connectivity index (χ3n) is 7.16. The zero-order chi connectivity index (χ0) is 24.0. The van der Waals surface area contributed by atoms with E-state index in [-0.39, 0.29) is 16.9 Å². The van der Waals surface area contributed by atoms with Gasteiger partial charge in [-0.05, 0) is 59.5 Å². The maximum absolute atomic E-state index is 13.6. The van der Waals surface area contributed by atoms with Gasteiger partial charge >= 0.3 is 0 Å². The second-order valence-electron chi connectivity index (χ2n) is 8.79. The zero-order valence-corrected chi connectivity index (χ0v) is 20.4. The van der Waals surface area contributed by atoms with Crippen LogP contribution in [-0.4, -0.2) is 47.6 Å². The van der Waals surface area contributed by atoms with Crippen molar-refractivity contribution in [1.29, 1.82) is 0 Å². The summed E-state index contributed by atoms with van der Waals surface area (Å²) in [5.41, 5.74) is 0.748. The highest BCUT2D eigenvalue weighted by Crippen LogP contribution is 2.58. The zero-order valence-electron chi connectivity index (χ0n) is 18.8. The fraction of sp³-hybridized carbons (Fsp3) is 0.400. The molecular weight excluding hydrogens is 502 g/mol. The molecule has 0 radical (unpaired) electrons. The normalized spacial score (nSPS) is 27.4. The molecule has 2 aromatic carbocycles. The molecule has 2 saturated heterocycles. The molecule has 0 saturated carbocycles. The molecule has 4 atom stereocenters. The number of anilines is 1. The Balaban J connectivity index is 1.69. The van der Waals surface area contributed by atoms with Crippen LogP contribution in [0, 0.1) is 10.1 Å². The lowest BCUT2D eigenvalue weighted by molar-refractivity contribution is -0.534. The second kappa shape index (κ2) is 8.70. The summed E-state index contributed by atoms with van der Waals surface area (Å²) >= 11 is 3.59. The Hall–Kier alpha value is -2.91.